The summed E-state index contributed by atoms with van der Waals surface area (Å²) < 4.78 is 11.7. The molecule has 0 radical (unpaired) electrons. The van der Waals surface area contributed by atoms with Crippen LogP contribution in [0.2, 0.25) is 0 Å². The number of ether oxygens (including phenoxy) is 2. The molecular weight excluding hydrogens is 378 g/mol. The number of benzene rings is 2. The molecule has 1 heterocycles. The van der Waals surface area contributed by atoms with Gasteiger partial charge in [0.25, 0.3) is 0 Å². The van der Waals surface area contributed by atoms with Crippen LogP contribution in [0.4, 0.5) is 10.5 Å². The van der Waals surface area contributed by atoms with Gasteiger partial charge in [-0.05, 0) is 35.9 Å². The third-order valence-corrected chi connectivity index (χ3v) is 5.13. The molecule has 0 unspecified atom stereocenters. The third kappa shape index (κ3) is 4.13. The number of nitrogens with zero attached hydrogens (tertiary/aromatic N) is 2. The Morgan fingerprint density at radius 2 is 2.00 bits per heavy atom. The van der Waals surface area contributed by atoms with Crippen molar-refractivity contribution in [2.24, 2.45) is 5.73 Å². The number of hydrogen-bond acceptors (Lipinski definition) is 7. The van der Waals surface area contributed by atoms with E-state index in [4.69, 9.17) is 15.2 Å². The van der Waals surface area contributed by atoms with E-state index in [1.165, 1.54) is 7.11 Å². The van der Waals surface area contributed by atoms with Gasteiger partial charge in [0.2, 0.25) is 5.91 Å². The fraction of sp³-hybridized carbons (Fsp3) is 0.250. The molecule has 1 aromatic heterocycles. The van der Waals surface area contributed by atoms with Crippen LogP contribution >= 0.6 is 11.3 Å². The average Bonchev–Trinajstić information content (AvgIpc) is 3.15. The van der Waals surface area contributed by atoms with E-state index in [1.807, 2.05) is 24.3 Å². The highest BCUT2D eigenvalue weighted by Gasteiger charge is 2.25. The zero-order chi connectivity index (χ0) is 20.1. The molecule has 0 bridgehead atoms. The van der Waals surface area contributed by atoms with Crippen molar-refractivity contribution in [1.82, 2.24) is 4.98 Å². The van der Waals surface area contributed by atoms with Crippen LogP contribution in [0.3, 0.4) is 0 Å². The molecule has 146 valence electrons. The molecule has 0 spiro atoms. The van der Waals surface area contributed by atoms with E-state index in [0.717, 1.165) is 20.1 Å². The molecule has 0 aliphatic heterocycles. The molecule has 0 aliphatic carbocycles. The molecule has 0 fully saturated rings. The number of aromatic nitrogens is 1. The van der Waals surface area contributed by atoms with Crippen molar-refractivity contribution in [3.05, 3.63) is 53.0 Å². The molecule has 0 atom stereocenters. The second-order valence-electron chi connectivity index (χ2n) is 5.91. The highest BCUT2D eigenvalue weighted by molar-refractivity contribution is 7.18. The van der Waals surface area contributed by atoms with Gasteiger partial charge in [-0.1, -0.05) is 19.1 Å². The number of thiazole rings is 1. The summed E-state index contributed by atoms with van der Waals surface area (Å²) in [5.74, 6) is 0.210. The molecule has 7 nitrogen and oxygen atoms in total. The first-order valence-corrected chi connectivity index (χ1v) is 9.60. The maximum atomic E-state index is 12.2. The Morgan fingerprint density at radius 3 is 2.68 bits per heavy atom. The van der Waals surface area contributed by atoms with Crippen LogP contribution in [-0.2, 0) is 22.7 Å². The normalized spacial score (nSPS) is 10.7. The molecule has 28 heavy (non-hydrogen) atoms. The van der Waals surface area contributed by atoms with E-state index in [9.17, 15) is 9.59 Å². The van der Waals surface area contributed by atoms with Gasteiger partial charge in [0.05, 0.1) is 23.0 Å². The number of nitrogens with two attached hydrogens (primary N) is 1. The molecule has 2 N–H and O–H groups in total. The molecule has 2 amide bonds. The first-order chi connectivity index (χ1) is 13.6. The van der Waals surface area contributed by atoms with E-state index in [-0.39, 0.29) is 18.9 Å². The third-order valence-electron chi connectivity index (χ3n) is 4.12. The lowest BCUT2D eigenvalue weighted by atomic mass is 10.1. The van der Waals surface area contributed by atoms with Crippen molar-refractivity contribution in [2.75, 3.05) is 12.0 Å². The van der Waals surface area contributed by atoms with Crippen LogP contribution in [0.5, 0.6) is 5.75 Å². The maximum Gasteiger partial charge on any atom is 0.420 e. The predicted octanol–water partition coefficient (Wildman–Crippen LogP) is 3.84. The SMILES string of the molecule is CCC(=O)N(C(=O)OC)c1ccc(OCc2nc3ccccc3s2)cc1CN. The predicted molar refractivity (Wildman–Crippen MR) is 108 cm³/mol. The minimum absolute atomic E-state index is 0.137. The average molecular weight is 399 g/mol. The van der Waals surface area contributed by atoms with Crippen LogP contribution in [0, 0.1) is 0 Å². The van der Waals surface area contributed by atoms with E-state index in [2.05, 4.69) is 4.98 Å². The first-order valence-electron chi connectivity index (χ1n) is 8.78. The van der Waals surface area contributed by atoms with Crippen molar-refractivity contribution in [3.63, 3.8) is 0 Å². The summed E-state index contributed by atoms with van der Waals surface area (Å²) in [7, 11) is 1.23. The number of methoxy groups -OCH3 is 1. The summed E-state index contributed by atoms with van der Waals surface area (Å²) >= 11 is 1.57. The fourth-order valence-corrected chi connectivity index (χ4v) is 3.62. The van der Waals surface area contributed by atoms with Crippen molar-refractivity contribution >= 4 is 39.2 Å². The van der Waals surface area contributed by atoms with Crippen LogP contribution in [0.1, 0.15) is 23.9 Å². The molecule has 3 aromatic rings. The summed E-state index contributed by atoms with van der Waals surface area (Å²) in [6.07, 6.45) is -0.584. The van der Waals surface area contributed by atoms with Crippen LogP contribution in [-0.4, -0.2) is 24.1 Å². The maximum absolute atomic E-state index is 12.2. The number of anilines is 1. The zero-order valence-corrected chi connectivity index (χ0v) is 16.5. The van der Waals surface area contributed by atoms with Crippen molar-refractivity contribution < 1.29 is 19.1 Å². The summed E-state index contributed by atoms with van der Waals surface area (Å²) in [4.78, 5) is 29.8. The second-order valence-corrected chi connectivity index (χ2v) is 7.03. The zero-order valence-electron chi connectivity index (χ0n) is 15.7. The van der Waals surface area contributed by atoms with E-state index >= 15 is 0 Å². The van der Waals surface area contributed by atoms with Gasteiger partial charge >= 0.3 is 6.09 Å². The Morgan fingerprint density at radius 1 is 1.21 bits per heavy atom. The Bertz CT molecular complexity index is 953. The van der Waals surface area contributed by atoms with Crippen LogP contribution < -0.4 is 15.4 Å². The van der Waals surface area contributed by atoms with E-state index in [1.54, 1.807) is 36.5 Å². The highest BCUT2D eigenvalue weighted by Crippen LogP contribution is 2.28. The second kappa shape index (κ2) is 8.81. The Labute approximate surface area is 166 Å². The topological polar surface area (TPSA) is 94.8 Å². The number of carbonyl (C=O) groups excluding carboxylic acids is 2. The lowest BCUT2D eigenvalue weighted by Crippen LogP contribution is -2.37. The molecule has 0 saturated heterocycles. The number of carbonyl (C=O) groups is 2. The number of hydrogen-bond donors (Lipinski definition) is 1. The molecule has 2 aromatic carbocycles. The van der Waals surface area contributed by atoms with Crippen molar-refractivity contribution in [2.45, 2.75) is 26.5 Å². The van der Waals surface area contributed by atoms with Gasteiger partial charge in [-0.2, -0.15) is 0 Å². The Kier molecular flexibility index (Phi) is 6.23. The molecule has 0 aliphatic rings. The number of para-hydroxylation sites is 1. The molecule has 3 rings (SSSR count). The van der Waals surface area contributed by atoms with E-state index < -0.39 is 6.09 Å². The molecule has 0 saturated carbocycles. The monoisotopic (exact) mass is 399 g/mol. The van der Waals surface area contributed by atoms with Gasteiger partial charge < -0.3 is 15.2 Å². The smallest absolute Gasteiger partial charge is 0.420 e. The number of imide groups is 1. The van der Waals surface area contributed by atoms with Gasteiger partial charge in [0.15, 0.2) is 0 Å². The number of fused-ring (bicyclic) bond motifs is 1. The number of amides is 2. The minimum atomic E-state index is -0.746. The summed E-state index contributed by atoms with van der Waals surface area (Å²) in [6, 6.07) is 13.0. The Balaban J connectivity index is 1.81. The van der Waals surface area contributed by atoms with Crippen molar-refractivity contribution in [3.8, 4) is 5.75 Å². The quantitative estimate of drug-likeness (QED) is 0.677. The molecule has 8 heteroatoms. The standard InChI is InChI=1S/C20H21N3O4S/c1-3-19(24)23(20(25)26-2)16-9-8-14(10-13(16)11-21)27-12-18-22-15-6-4-5-7-17(15)28-18/h4-10H,3,11-12,21H2,1-2H3. The van der Waals surface area contributed by atoms with Crippen LogP contribution in [0.15, 0.2) is 42.5 Å². The lowest BCUT2D eigenvalue weighted by molar-refractivity contribution is -0.117. The largest absolute Gasteiger partial charge is 0.486 e. The van der Waals surface area contributed by atoms with E-state index in [0.29, 0.717) is 23.6 Å². The van der Waals surface area contributed by atoms with Gasteiger partial charge in [0.1, 0.15) is 17.4 Å². The first kappa shape index (κ1) is 19.8. The minimum Gasteiger partial charge on any atom is -0.486 e. The Hall–Kier alpha value is -2.97. The van der Waals surface area contributed by atoms with Crippen LogP contribution in [0.25, 0.3) is 10.2 Å². The summed E-state index contributed by atoms with van der Waals surface area (Å²) in [5, 5.41) is 0.858. The van der Waals surface area contributed by atoms with Gasteiger partial charge in [0, 0.05) is 13.0 Å². The van der Waals surface area contributed by atoms with Gasteiger partial charge in [-0.25, -0.2) is 14.7 Å². The summed E-state index contributed by atoms with van der Waals surface area (Å²) in [6.45, 7) is 2.13. The van der Waals surface area contributed by atoms with Gasteiger partial charge in [-0.3, -0.25) is 4.79 Å². The number of rotatable bonds is 6. The fourth-order valence-electron chi connectivity index (χ4n) is 2.74. The lowest BCUT2D eigenvalue weighted by Gasteiger charge is -2.22. The van der Waals surface area contributed by atoms with Crippen molar-refractivity contribution in [1.29, 1.82) is 0 Å². The molecular formula is C20H21N3O4S. The van der Waals surface area contributed by atoms with Gasteiger partial charge in [-0.15, -0.1) is 11.3 Å². The summed E-state index contributed by atoms with van der Waals surface area (Å²) in [5.41, 5.74) is 7.79. The highest BCUT2D eigenvalue weighted by atomic mass is 32.1.